The lowest BCUT2D eigenvalue weighted by atomic mass is 9.88. The molecule has 0 bridgehead atoms. The minimum atomic E-state index is -0.506. The Kier molecular flexibility index (Phi) is 7.97. The summed E-state index contributed by atoms with van der Waals surface area (Å²) in [7, 11) is 0. The number of ether oxygens (including phenoxy) is 2. The summed E-state index contributed by atoms with van der Waals surface area (Å²) in [5, 5.41) is 6.77. The molecule has 0 spiro atoms. The van der Waals surface area contributed by atoms with Gasteiger partial charge < -0.3 is 19.7 Å². The van der Waals surface area contributed by atoms with Crippen LogP contribution in [0.15, 0.2) is 35.8 Å². The Morgan fingerprint density at radius 2 is 2.27 bits per heavy atom. The van der Waals surface area contributed by atoms with Crippen LogP contribution < -0.4 is 5.32 Å². The second kappa shape index (κ2) is 10.5. The zero-order chi connectivity index (χ0) is 21.6. The molecule has 164 valence electrons. The molecule has 1 unspecified atom stereocenters. The van der Waals surface area contributed by atoms with Gasteiger partial charge in [0.25, 0.3) is 0 Å². The number of aromatic nitrogens is 1. The predicted molar refractivity (Wildman–Crippen MR) is 121 cm³/mol. The molecule has 1 amide bonds. The summed E-state index contributed by atoms with van der Waals surface area (Å²) in [5.41, 5.74) is 0.529. The van der Waals surface area contributed by atoms with E-state index in [-0.39, 0.29) is 18.1 Å². The van der Waals surface area contributed by atoms with E-state index >= 15 is 0 Å². The van der Waals surface area contributed by atoms with Gasteiger partial charge in [-0.1, -0.05) is 23.7 Å². The molecule has 0 saturated carbocycles. The molecule has 1 aromatic heterocycles. The summed E-state index contributed by atoms with van der Waals surface area (Å²) in [6, 6.07) is 7.79. The standard InChI is InChI=1S/C22H30ClN3O3S/c1-22(2,3)29-21(27)26-11-5-7-17(15-26)19(16-6-4-8-18(23)14-16)28-12-9-24-20-25-10-13-30-20/h4,6,8,10,13-14,17,19H,5,7,9,11-12,15H2,1-3H3,(H,24,25)/t17?,19-/m0/s1. The summed E-state index contributed by atoms with van der Waals surface area (Å²) in [5.74, 6) is 0.171. The van der Waals surface area contributed by atoms with Crippen LogP contribution in [0.25, 0.3) is 0 Å². The van der Waals surface area contributed by atoms with Crippen molar-refractivity contribution in [2.75, 3.05) is 31.6 Å². The number of benzene rings is 1. The Balaban J connectivity index is 1.66. The number of amides is 1. The minimum Gasteiger partial charge on any atom is -0.444 e. The molecule has 2 heterocycles. The number of likely N-dealkylation sites (tertiary alicyclic amines) is 1. The van der Waals surface area contributed by atoms with Crippen LogP contribution in [0.1, 0.15) is 45.3 Å². The fourth-order valence-electron chi connectivity index (χ4n) is 3.59. The maximum atomic E-state index is 12.6. The van der Waals surface area contributed by atoms with Crippen molar-refractivity contribution in [2.45, 2.75) is 45.3 Å². The first kappa shape index (κ1) is 22.8. The third kappa shape index (κ3) is 6.86. The highest BCUT2D eigenvalue weighted by Gasteiger charge is 2.33. The van der Waals surface area contributed by atoms with Crippen LogP contribution in [0, 0.1) is 5.92 Å². The highest BCUT2D eigenvalue weighted by atomic mass is 35.5. The van der Waals surface area contributed by atoms with Crippen molar-refractivity contribution in [1.29, 1.82) is 0 Å². The predicted octanol–water partition coefficient (Wildman–Crippen LogP) is 5.61. The van der Waals surface area contributed by atoms with E-state index in [0.29, 0.717) is 31.3 Å². The van der Waals surface area contributed by atoms with Gasteiger partial charge in [0.05, 0.1) is 12.7 Å². The van der Waals surface area contributed by atoms with Gasteiger partial charge in [-0.05, 0) is 51.3 Å². The SMILES string of the molecule is CC(C)(C)OC(=O)N1CCCC([C@@H](OCCNc2nccs2)c2cccc(Cl)c2)C1. The number of rotatable bonds is 7. The molecule has 0 aliphatic carbocycles. The Morgan fingerprint density at radius 1 is 1.43 bits per heavy atom. The molecule has 3 rings (SSSR count). The maximum Gasteiger partial charge on any atom is 0.410 e. The number of thiazole rings is 1. The van der Waals surface area contributed by atoms with Gasteiger partial charge in [0, 0.05) is 42.2 Å². The van der Waals surface area contributed by atoms with Crippen molar-refractivity contribution in [3.8, 4) is 0 Å². The second-order valence-electron chi connectivity index (χ2n) is 8.44. The number of halogens is 1. The fourth-order valence-corrected chi connectivity index (χ4v) is 4.35. The van der Waals surface area contributed by atoms with Gasteiger partial charge >= 0.3 is 6.09 Å². The van der Waals surface area contributed by atoms with Crippen molar-refractivity contribution in [3.63, 3.8) is 0 Å². The first-order valence-corrected chi connectivity index (χ1v) is 11.6. The number of carbonyl (C=O) groups is 1. The molecule has 1 aliphatic heterocycles. The van der Waals surface area contributed by atoms with E-state index in [4.69, 9.17) is 21.1 Å². The van der Waals surface area contributed by atoms with Crippen LogP contribution in [-0.4, -0.2) is 47.8 Å². The number of piperidine rings is 1. The summed E-state index contributed by atoms with van der Waals surface area (Å²) in [6.07, 6.45) is 3.27. The number of hydrogen-bond donors (Lipinski definition) is 1. The van der Waals surface area contributed by atoms with Crippen LogP contribution in [0.4, 0.5) is 9.93 Å². The Labute approximate surface area is 187 Å². The molecule has 2 atom stereocenters. The zero-order valence-corrected chi connectivity index (χ0v) is 19.3. The Hall–Kier alpha value is -1.83. The number of nitrogens with zero attached hydrogens (tertiary/aromatic N) is 2. The van der Waals surface area contributed by atoms with Crippen LogP contribution in [0.2, 0.25) is 5.02 Å². The Bertz CT molecular complexity index is 810. The van der Waals surface area contributed by atoms with Crippen molar-refractivity contribution >= 4 is 34.2 Å². The van der Waals surface area contributed by atoms with Crippen LogP contribution in [0.5, 0.6) is 0 Å². The average molecular weight is 452 g/mol. The lowest BCUT2D eigenvalue weighted by Gasteiger charge is -2.37. The van der Waals surface area contributed by atoms with E-state index in [1.165, 1.54) is 0 Å². The highest BCUT2D eigenvalue weighted by Crippen LogP contribution is 2.34. The molecular formula is C22H30ClN3O3S. The highest BCUT2D eigenvalue weighted by molar-refractivity contribution is 7.13. The van der Waals surface area contributed by atoms with Crippen LogP contribution >= 0.6 is 22.9 Å². The van der Waals surface area contributed by atoms with Gasteiger partial charge in [-0.25, -0.2) is 9.78 Å². The molecule has 6 nitrogen and oxygen atoms in total. The molecule has 1 fully saturated rings. The molecule has 30 heavy (non-hydrogen) atoms. The fraction of sp³-hybridized carbons (Fsp3) is 0.545. The largest absolute Gasteiger partial charge is 0.444 e. The van der Waals surface area contributed by atoms with Crippen molar-refractivity contribution in [2.24, 2.45) is 5.92 Å². The first-order chi connectivity index (χ1) is 14.3. The third-order valence-electron chi connectivity index (χ3n) is 4.82. The lowest BCUT2D eigenvalue weighted by molar-refractivity contribution is -0.0227. The molecule has 1 saturated heterocycles. The second-order valence-corrected chi connectivity index (χ2v) is 9.77. The molecule has 1 aromatic carbocycles. The van der Waals surface area contributed by atoms with Gasteiger partial charge in [0.1, 0.15) is 5.60 Å². The van der Waals surface area contributed by atoms with Gasteiger partial charge in [0.15, 0.2) is 5.13 Å². The average Bonchev–Trinajstić information content (AvgIpc) is 3.20. The number of anilines is 1. The lowest BCUT2D eigenvalue weighted by Crippen LogP contribution is -2.44. The third-order valence-corrected chi connectivity index (χ3v) is 5.79. The number of nitrogens with one attached hydrogen (secondary N) is 1. The van der Waals surface area contributed by atoms with Crippen LogP contribution in [0.3, 0.4) is 0 Å². The van der Waals surface area contributed by atoms with Crippen molar-refractivity contribution in [1.82, 2.24) is 9.88 Å². The molecule has 2 aromatic rings. The molecule has 0 radical (unpaired) electrons. The van der Waals surface area contributed by atoms with Crippen LogP contribution in [-0.2, 0) is 9.47 Å². The summed E-state index contributed by atoms with van der Waals surface area (Å²) in [4.78, 5) is 18.6. The van der Waals surface area contributed by atoms with E-state index < -0.39 is 5.60 Å². The molecule has 1 aliphatic rings. The van der Waals surface area contributed by atoms with Gasteiger partial charge in [0.2, 0.25) is 0 Å². The zero-order valence-electron chi connectivity index (χ0n) is 17.8. The first-order valence-electron chi connectivity index (χ1n) is 10.3. The van der Waals surface area contributed by atoms with E-state index in [0.717, 1.165) is 23.5 Å². The van der Waals surface area contributed by atoms with E-state index in [9.17, 15) is 4.79 Å². The molecule has 1 N–H and O–H groups in total. The quantitative estimate of drug-likeness (QED) is 0.554. The number of carbonyl (C=O) groups excluding carboxylic acids is 1. The van der Waals surface area contributed by atoms with E-state index in [1.54, 1.807) is 22.4 Å². The summed E-state index contributed by atoms with van der Waals surface area (Å²) >= 11 is 7.81. The van der Waals surface area contributed by atoms with E-state index in [1.807, 2.05) is 50.4 Å². The molecule has 8 heteroatoms. The smallest absolute Gasteiger partial charge is 0.410 e. The normalized spacial score (nSPS) is 18.1. The van der Waals surface area contributed by atoms with Gasteiger partial charge in [-0.15, -0.1) is 11.3 Å². The minimum absolute atomic E-state index is 0.146. The number of hydrogen-bond acceptors (Lipinski definition) is 6. The van der Waals surface area contributed by atoms with Crippen molar-refractivity contribution in [3.05, 3.63) is 46.4 Å². The monoisotopic (exact) mass is 451 g/mol. The van der Waals surface area contributed by atoms with Gasteiger partial charge in [-0.2, -0.15) is 0 Å². The van der Waals surface area contributed by atoms with E-state index in [2.05, 4.69) is 10.3 Å². The topological polar surface area (TPSA) is 63.7 Å². The summed E-state index contributed by atoms with van der Waals surface area (Å²) < 4.78 is 11.9. The maximum absolute atomic E-state index is 12.6. The Morgan fingerprint density at radius 3 is 2.97 bits per heavy atom. The van der Waals surface area contributed by atoms with Crippen molar-refractivity contribution < 1.29 is 14.3 Å². The molecular weight excluding hydrogens is 422 g/mol. The summed E-state index contributed by atoms with van der Waals surface area (Å²) in [6.45, 7) is 8.16. The van der Waals surface area contributed by atoms with Gasteiger partial charge in [-0.3, -0.25) is 0 Å².